The number of aromatic nitrogens is 3. The molecule has 1 saturated carbocycles. The van der Waals surface area contributed by atoms with E-state index in [-0.39, 0.29) is 35.7 Å². The van der Waals surface area contributed by atoms with Gasteiger partial charge in [0, 0.05) is 35.6 Å². The van der Waals surface area contributed by atoms with E-state index in [1.807, 2.05) is 41.7 Å². The first kappa shape index (κ1) is 32.5. The monoisotopic (exact) mass is 628 g/mol. The highest BCUT2D eigenvalue weighted by Crippen LogP contribution is 2.40. The Morgan fingerprint density at radius 3 is 2.62 bits per heavy atom. The lowest BCUT2D eigenvalue weighted by Crippen LogP contribution is -2.50. The second-order valence-corrected chi connectivity index (χ2v) is 13.8. The summed E-state index contributed by atoms with van der Waals surface area (Å²) in [5.41, 5.74) is 1.73. The first-order valence-electron chi connectivity index (χ1n) is 15.4. The summed E-state index contributed by atoms with van der Waals surface area (Å²) in [6.07, 6.45) is 7.02. The molecule has 3 amide bonds. The van der Waals surface area contributed by atoms with Gasteiger partial charge < -0.3 is 30.9 Å². The Hall–Kier alpha value is -3.91. The van der Waals surface area contributed by atoms with Crippen LogP contribution in [0.25, 0.3) is 10.6 Å². The molecule has 12 nitrogen and oxygen atoms in total. The number of thiazole rings is 1. The first-order chi connectivity index (χ1) is 21.5. The molecule has 3 heterocycles. The van der Waals surface area contributed by atoms with Gasteiger partial charge >= 0.3 is 0 Å². The van der Waals surface area contributed by atoms with E-state index in [0.717, 1.165) is 36.2 Å². The highest BCUT2D eigenvalue weighted by molar-refractivity contribution is 7.15. The summed E-state index contributed by atoms with van der Waals surface area (Å²) in [5.74, 6) is 0.185. The number of anilines is 3. The van der Waals surface area contributed by atoms with Crippen molar-refractivity contribution in [2.45, 2.75) is 49.8 Å². The first-order valence-corrected chi connectivity index (χ1v) is 16.2. The van der Waals surface area contributed by atoms with Crippen molar-refractivity contribution in [1.82, 2.24) is 30.7 Å². The number of rotatable bonds is 13. The van der Waals surface area contributed by atoms with Crippen molar-refractivity contribution in [2.75, 3.05) is 37.9 Å². The number of amides is 3. The molecular formula is C29H39B3N8O4S. The molecule has 4 N–H and O–H groups in total. The molecule has 1 atom stereocenters. The molecule has 0 spiro atoms. The summed E-state index contributed by atoms with van der Waals surface area (Å²) in [6.45, 7) is 1.78. The van der Waals surface area contributed by atoms with E-state index in [4.69, 9.17) is 4.74 Å². The molecular weight excluding hydrogens is 589 g/mol. The van der Waals surface area contributed by atoms with Gasteiger partial charge in [-0.1, -0.05) is 6.07 Å². The number of methoxy groups -OCH3 is 1. The van der Waals surface area contributed by atoms with E-state index in [9.17, 15) is 14.4 Å². The molecule has 1 saturated heterocycles. The van der Waals surface area contributed by atoms with E-state index >= 15 is 0 Å². The fraction of sp³-hybridized carbons (Fsp3) is 0.448. The maximum atomic E-state index is 13.2. The number of ether oxygens (including phenoxy) is 1. The molecule has 234 valence electrons. The van der Waals surface area contributed by atoms with Gasteiger partial charge in [0.25, 0.3) is 5.91 Å². The summed E-state index contributed by atoms with van der Waals surface area (Å²) < 4.78 is 5.83. The summed E-state index contributed by atoms with van der Waals surface area (Å²) in [7, 11) is 9.34. The summed E-state index contributed by atoms with van der Waals surface area (Å²) >= 11 is 1.43. The fourth-order valence-electron chi connectivity index (χ4n) is 5.31. The number of hydrogen-bond acceptors (Lipinski definition) is 10. The number of likely N-dealkylation sites (tertiary alicyclic amines) is 1. The van der Waals surface area contributed by atoms with Crippen LogP contribution in [0.4, 0.5) is 17.2 Å². The van der Waals surface area contributed by atoms with Gasteiger partial charge in [-0.15, -0.1) is 21.5 Å². The van der Waals surface area contributed by atoms with E-state index in [0.29, 0.717) is 34.7 Å². The van der Waals surface area contributed by atoms with Crippen LogP contribution >= 0.6 is 11.3 Å². The Morgan fingerprint density at radius 2 is 1.93 bits per heavy atom. The van der Waals surface area contributed by atoms with Crippen LogP contribution in [0.1, 0.15) is 47.5 Å². The largest absolute Gasteiger partial charge is 0.494 e. The molecule has 2 fully saturated rings. The van der Waals surface area contributed by atoms with Gasteiger partial charge in [-0.25, -0.2) is 4.98 Å². The molecule has 1 aromatic carbocycles. The predicted molar refractivity (Wildman–Crippen MR) is 184 cm³/mol. The maximum Gasteiger partial charge on any atom is 0.272 e. The number of benzene rings is 1. The lowest BCUT2D eigenvalue weighted by Gasteiger charge is -2.22. The van der Waals surface area contributed by atoms with E-state index in [1.165, 1.54) is 24.2 Å². The normalized spacial score (nSPS) is 16.6. The lowest BCUT2D eigenvalue weighted by atomic mass is 9.49. The Balaban J connectivity index is 1.33. The Labute approximate surface area is 270 Å². The third-order valence-electron chi connectivity index (χ3n) is 7.78. The van der Waals surface area contributed by atoms with Crippen molar-refractivity contribution in [3.05, 3.63) is 41.0 Å². The zero-order valence-corrected chi connectivity index (χ0v) is 27.3. The van der Waals surface area contributed by atoms with Crippen LogP contribution in [0.2, 0.25) is 0 Å². The van der Waals surface area contributed by atoms with E-state index in [1.54, 1.807) is 19.4 Å². The molecule has 2 aromatic heterocycles. The average Bonchev–Trinajstić information content (AvgIpc) is 3.61. The van der Waals surface area contributed by atoms with Gasteiger partial charge in [0.2, 0.25) is 11.8 Å². The van der Waals surface area contributed by atoms with Crippen molar-refractivity contribution < 1.29 is 19.1 Å². The molecule has 1 unspecified atom stereocenters. The van der Waals surface area contributed by atoms with Gasteiger partial charge in [-0.05, 0) is 63.1 Å². The third-order valence-corrected chi connectivity index (χ3v) is 8.81. The molecule has 1 aliphatic carbocycles. The second-order valence-electron chi connectivity index (χ2n) is 12.7. The highest BCUT2D eigenvalue weighted by Gasteiger charge is 2.30. The third kappa shape index (κ3) is 8.63. The summed E-state index contributed by atoms with van der Waals surface area (Å²) in [5, 5.41) is 20.5. The number of nitrogens with one attached hydrogen (secondary N) is 4. The molecule has 2 aliphatic rings. The van der Waals surface area contributed by atoms with Crippen molar-refractivity contribution in [3.63, 3.8) is 0 Å². The van der Waals surface area contributed by atoms with Crippen molar-refractivity contribution in [3.8, 4) is 16.3 Å². The Bertz CT molecular complexity index is 1560. The van der Waals surface area contributed by atoms with Crippen LogP contribution in [-0.4, -0.2) is 99.9 Å². The minimum absolute atomic E-state index is 0.0166. The number of carbonyl (C=O) groups is 3. The van der Waals surface area contributed by atoms with E-state index < -0.39 is 11.1 Å². The van der Waals surface area contributed by atoms with Crippen molar-refractivity contribution in [2.24, 2.45) is 5.92 Å². The molecule has 0 bridgehead atoms. The summed E-state index contributed by atoms with van der Waals surface area (Å²) in [6, 6.07) is 7.70. The highest BCUT2D eigenvalue weighted by atomic mass is 32.1. The standard InChI is InChI=1S/C29H39B3N8O4S/c1-40-12-4-5-17(40)10-11-33-23(41)13-18-15-34-28(45-18)19-6-3-7-20(25(19)44-2)35-21-14-22(36-26(42)16-8-9-16)38-39-24(21)27(43)37-29(30,31)32/h3,6-7,14-17H,4-5,8-13,30-32H2,1-2H3,(H,33,41)(H,37,43)(H2,35,36,38,42). The van der Waals surface area contributed by atoms with Crippen LogP contribution in [0.15, 0.2) is 30.5 Å². The van der Waals surface area contributed by atoms with Gasteiger partial charge in [-0.3, -0.25) is 14.4 Å². The van der Waals surface area contributed by atoms with Crippen molar-refractivity contribution in [1.29, 1.82) is 0 Å². The van der Waals surface area contributed by atoms with Crippen molar-refractivity contribution >= 4 is 69.8 Å². The van der Waals surface area contributed by atoms with Crippen LogP contribution in [-0.2, 0) is 16.0 Å². The summed E-state index contributed by atoms with van der Waals surface area (Å²) in [4.78, 5) is 46.0. The molecule has 0 radical (unpaired) electrons. The van der Waals surface area contributed by atoms with Gasteiger partial charge in [0.15, 0.2) is 17.3 Å². The number of carbonyl (C=O) groups excluding carboxylic acids is 3. The van der Waals surface area contributed by atoms with Crippen LogP contribution < -0.4 is 26.0 Å². The zero-order chi connectivity index (χ0) is 32.1. The molecule has 45 heavy (non-hydrogen) atoms. The van der Waals surface area contributed by atoms with E-state index in [2.05, 4.69) is 48.4 Å². The van der Waals surface area contributed by atoms with Crippen LogP contribution in [0, 0.1) is 5.92 Å². The van der Waals surface area contributed by atoms with Crippen LogP contribution in [0.5, 0.6) is 5.75 Å². The minimum Gasteiger partial charge on any atom is -0.494 e. The fourth-order valence-corrected chi connectivity index (χ4v) is 6.25. The second kappa shape index (κ2) is 14.0. The Kier molecular flexibility index (Phi) is 10.1. The smallest absolute Gasteiger partial charge is 0.272 e. The molecule has 1 aliphatic heterocycles. The van der Waals surface area contributed by atoms with Gasteiger partial charge in [0.05, 0.1) is 30.5 Å². The SMILES string of the molecule is BC(B)(B)NC(=O)c1nnc(NC(=O)C2CC2)cc1Nc1cccc(-c2ncc(CC(=O)NCCC3CCCN3C)s2)c1OC. The average molecular weight is 628 g/mol. The number of nitrogens with zero attached hydrogens (tertiary/aromatic N) is 4. The number of para-hydroxylation sites is 1. The predicted octanol–water partition coefficient (Wildman–Crippen LogP) is 0.0842. The maximum absolute atomic E-state index is 13.2. The van der Waals surface area contributed by atoms with Gasteiger partial charge in [-0.2, -0.15) is 0 Å². The topological polar surface area (TPSA) is 150 Å². The minimum atomic E-state index is -0.501. The molecule has 3 aromatic rings. The molecule has 5 rings (SSSR count). The lowest BCUT2D eigenvalue weighted by molar-refractivity contribution is -0.120. The van der Waals surface area contributed by atoms with Crippen LogP contribution in [0.3, 0.4) is 0 Å². The zero-order valence-electron chi connectivity index (χ0n) is 26.5. The number of hydrogen-bond donors (Lipinski definition) is 4. The Morgan fingerprint density at radius 1 is 1.13 bits per heavy atom. The quantitative estimate of drug-likeness (QED) is 0.193. The molecule has 16 heteroatoms. The van der Waals surface area contributed by atoms with Gasteiger partial charge in [0.1, 0.15) is 28.5 Å².